The summed E-state index contributed by atoms with van der Waals surface area (Å²) >= 11 is 1.84. The van der Waals surface area contributed by atoms with Crippen LogP contribution in [0, 0.1) is 11.8 Å². The number of thioether (sulfide) groups is 1. The lowest BCUT2D eigenvalue weighted by Crippen LogP contribution is -2.27. The van der Waals surface area contributed by atoms with Gasteiger partial charge in [0.25, 0.3) is 0 Å². The van der Waals surface area contributed by atoms with Gasteiger partial charge in [-0.15, -0.1) is 0 Å². The smallest absolute Gasteiger partial charge is 0.0576 e. The number of hydrogen-bond acceptors (Lipinski definition) is 2. The molecule has 0 aliphatic heterocycles. The van der Waals surface area contributed by atoms with E-state index in [-0.39, 0.29) is 6.10 Å². The molecule has 0 saturated heterocycles. The van der Waals surface area contributed by atoms with Gasteiger partial charge >= 0.3 is 0 Å². The van der Waals surface area contributed by atoms with Crippen molar-refractivity contribution in [3.8, 4) is 0 Å². The molecule has 1 aliphatic carbocycles. The van der Waals surface area contributed by atoms with Crippen LogP contribution >= 0.6 is 11.8 Å². The fourth-order valence-corrected chi connectivity index (χ4v) is 3.00. The Morgan fingerprint density at radius 3 is 2.86 bits per heavy atom. The zero-order valence-corrected chi connectivity index (χ0v) is 10.4. The highest BCUT2D eigenvalue weighted by Crippen LogP contribution is 2.33. The predicted molar refractivity (Wildman–Crippen MR) is 64.7 cm³/mol. The Labute approximate surface area is 92.7 Å². The Bertz CT molecular complexity index is 149. The first-order valence-corrected chi connectivity index (χ1v) is 7.34. The summed E-state index contributed by atoms with van der Waals surface area (Å²) in [5.74, 6) is 2.59. The van der Waals surface area contributed by atoms with Crippen LogP contribution in [0.5, 0.6) is 0 Å². The average Bonchev–Trinajstić information content (AvgIpc) is 2.26. The molecule has 0 aromatic rings. The van der Waals surface area contributed by atoms with Gasteiger partial charge in [0.15, 0.2) is 0 Å². The Morgan fingerprint density at radius 2 is 2.21 bits per heavy atom. The third kappa shape index (κ3) is 3.82. The van der Waals surface area contributed by atoms with E-state index in [9.17, 15) is 5.11 Å². The lowest BCUT2D eigenvalue weighted by atomic mass is 9.77. The summed E-state index contributed by atoms with van der Waals surface area (Å²) in [6, 6.07) is 0. The molecular formula is C12H24OS. The SMILES string of the molecule is CCC1CCCC(C(O)CCSC)C1. The first kappa shape index (κ1) is 12.4. The summed E-state index contributed by atoms with van der Waals surface area (Å²) in [6.45, 7) is 2.28. The Balaban J connectivity index is 2.27. The summed E-state index contributed by atoms with van der Waals surface area (Å²) in [5, 5.41) is 10.0. The van der Waals surface area contributed by atoms with Crippen molar-refractivity contribution in [2.45, 2.75) is 51.6 Å². The molecule has 84 valence electrons. The van der Waals surface area contributed by atoms with Crippen molar-refractivity contribution in [2.75, 3.05) is 12.0 Å². The van der Waals surface area contributed by atoms with Crippen LogP contribution in [0.2, 0.25) is 0 Å². The molecule has 0 radical (unpaired) electrons. The molecule has 1 N–H and O–H groups in total. The maximum atomic E-state index is 10.0. The van der Waals surface area contributed by atoms with Crippen LogP contribution in [0.25, 0.3) is 0 Å². The summed E-state index contributed by atoms with van der Waals surface area (Å²) in [6.07, 6.45) is 9.62. The van der Waals surface area contributed by atoms with E-state index < -0.39 is 0 Å². The van der Waals surface area contributed by atoms with E-state index in [1.807, 2.05) is 11.8 Å². The third-order valence-corrected chi connectivity index (χ3v) is 4.21. The molecular weight excluding hydrogens is 192 g/mol. The summed E-state index contributed by atoms with van der Waals surface area (Å²) in [5.41, 5.74) is 0. The number of hydrogen-bond donors (Lipinski definition) is 1. The zero-order chi connectivity index (χ0) is 10.4. The van der Waals surface area contributed by atoms with Gasteiger partial charge in [-0.25, -0.2) is 0 Å². The standard InChI is InChI=1S/C12H24OS/c1-3-10-5-4-6-11(9-10)12(13)7-8-14-2/h10-13H,3-9H2,1-2H3. The monoisotopic (exact) mass is 216 g/mol. The average molecular weight is 216 g/mol. The molecule has 1 nitrogen and oxygen atoms in total. The molecule has 3 atom stereocenters. The molecule has 1 saturated carbocycles. The normalized spacial score (nSPS) is 30.2. The first-order valence-electron chi connectivity index (χ1n) is 5.95. The minimum absolute atomic E-state index is 0.0307. The van der Waals surface area contributed by atoms with Crippen LogP contribution < -0.4 is 0 Å². The highest BCUT2D eigenvalue weighted by molar-refractivity contribution is 7.98. The quantitative estimate of drug-likeness (QED) is 0.761. The zero-order valence-electron chi connectivity index (χ0n) is 9.54. The van der Waals surface area contributed by atoms with Gasteiger partial charge in [0.05, 0.1) is 6.10 Å². The Hall–Kier alpha value is 0.310. The molecule has 1 aliphatic rings. The second kappa shape index (κ2) is 6.73. The van der Waals surface area contributed by atoms with Crippen molar-refractivity contribution in [1.29, 1.82) is 0 Å². The van der Waals surface area contributed by atoms with Crippen LogP contribution in [0.15, 0.2) is 0 Å². The van der Waals surface area contributed by atoms with Crippen molar-refractivity contribution >= 4 is 11.8 Å². The molecule has 3 unspecified atom stereocenters. The second-order valence-electron chi connectivity index (χ2n) is 4.55. The van der Waals surface area contributed by atoms with Crippen LogP contribution in [-0.2, 0) is 0 Å². The molecule has 2 heteroatoms. The lowest BCUT2D eigenvalue weighted by molar-refractivity contribution is 0.0663. The van der Waals surface area contributed by atoms with Crippen LogP contribution in [0.3, 0.4) is 0 Å². The fourth-order valence-electron chi connectivity index (χ4n) is 2.53. The lowest BCUT2D eigenvalue weighted by Gasteiger charge is -2.31. The van der Waals surface area contributed by atoms with Crippen molar-refractivity contribution in [2.24, 2.45) is 11.8 Å². The Kier molecular flexibility index (Phi) is 5.95. The Morgan fingerprint density at radius 1 is 1.43 bits per heavy atom. The van der Waals surface area contributed by atoms with Gasteiger partial charge in [-0.05, 0) is 43.1 Å². The van der Waals surface area contributed by atoms with Gasteiger partial charge in [0.1, 0.15) is 0 Å². The summed E-state index contributed by atoms with van der Waals surface area (Å²) in [4.78, 5) is 0. The molecule has 0 bridgehead atoms. The number of aliphatic hydroxyl groups excluding tert-OH is 1. The number of rotatable bonds is 5. The van der Waals surface area contributed by atoms with E-state index in [1.54, 1.807) is 0 Å². The molecule has 0 aromatic heterocycles. The van der Waals surface area contributed by atoms with E-state index in [0.717, 1.165) is 18.1 Å². The van der Waals surface area contributed by atoms with Gasteiger partial charge in [-0.1, -0.05) is 26.2 Å². The first-order chi connectivity index (χ1) is 6.77. The van der Waals surface area contributed by atoms with Gasteiger partial charge in [0, 0.05) is 0 Å². The van der Waals surface area contributed by atoms with Gasteiger partial charge in [-0.3, -0.25) is 0 Å². The van der Waals surface area contributed by atoms with Crippen molar-refractivity contribution in [3.63, 3.8) is 0 Å². The fraction of sp³-hybridized carbons (Fsp3) is 1.00. The van der Waals surface area contributed by atoms with Crippen LogP contribution in [0.1, 0.15) is 45.4 Å². The maximum Gasteiger partial charge on any atom is 0.0576 e. The van der Waals surface area contributed by atoms with Crippen molar-refractivity contribution in [3.05, 3.63) is 0 Å². The summed E-state index contributed by atoms with van der Waals surface area (Å²) < 4.78 is 0. The highest BCUT2D eigenvalue weighted by Gasteiger charge is 2.25. The van der Waals surface area contributed by atoms with E-state index in [2.05, 4.69) is 13.2 Å². The van der Waals surface area contributed by atoms with Gasteiger partial charge in [0.2, 0.25) is 0 Å². The van der Waals surface area contributed by atoms with Crippen molar-refractivity contribution < 1.29 is 5.11 Å². The minimum atomic E-state index is -0.0307. The molecule has 0 aromatic carbocycles. The minimum Gasteiger partial charge on any atom is -0.393 e. The molecule has 0 heterocycles. The molecule has 1 rings (SSSR count). The molecule has 0 amide bonds. The predicted octanol–water partition coefficient (Wildman–Crippen LogP) is 3.32. The molecule has 0 spiro atoms. The van der Waals surface area contributed by atoms with Gasteiger partial charge in [-0.2, -0.15) is 11.8 Å². The molecule has 1 fully saturated rings. The number of aliphatic hydroxyl groups is 1. The maximum absolute atomic E-state index is 10.0. The topological polar surface area (TPSA) is 20.2 Å². The van der Waals surface area contributed by atoms with E-state index in [1.165, 1.54) is 32.1 Å². The van der Waals surface area contributed by atoms with Crippen molar-refractivity contribution in [1.82, 2.24) is 0 Å². The third-order valence-electron chi connectivity index (χ3n) is 3.56. The van der Waals surface area contributed by atoms with Gasteiger partial charge < -0.3 is 5.11 Å². The van der Waals surface area contributed by atoms with E-state index >= 15 is 0 Å². The van der Waals surface area contributed by atoms with Crippen LogP contribution in [0.4, 0.5) is 0 Å². The highest BCUT2D eigenvalue weighted by atomic mass is 32.2. The van der Waals surface area contributed by atoms with E-state index in [0.29, 0.717) is 5.92 Å². The van der Waals surface area contributed by atoms with Crippen LogP contribution in [-0.4, -0.2) is 23.2 Å². The summed E-state index contributed by atoms with van der Waals surface area (Å²) in [7, 11) is 0. The van der Waals surface area contributed by atoms with E-state index in [4.69, 9.17) is 0 Å². The second-order valence-corrected chi connectivity index (χ2v) is 5.54. The molecule has 14 heavy (non-hydrogen) atoms. The largest absolute Gasteiger partial charge is 0.393 e.